The molecule has 7 nitrogen and oxygen atoms in total. The molecule has 2 rings (SSSR count). The van der Waals surface area contributed by atoms with E-state index >= 15 is 0 Å². The zero-order chi connectivity index (χ0) is 17.4. The van der Waals surface area contributed by atoms with Crippen LogP contribution in [0.2, 0.25) is 0 Å². The van der Waals surface area contributed by atoms with Crippen LogP contribution in [-0.2, 0) is 6.18 Å². The van der Waals surface area contributed by atoms with Gasteiger partial charge in [0.05, 0.1) is 10.7 Å². The normalized spacial score (nSPS) is 17.2. The van der Waals surface area contributed by atoms with Crippen molar-refractivity contribution in [2.24, 2.45) is 17.4 Å². The maximum atomic E-state index is 12.8. The van der Waals surface area contributed by atoms with Gasteiger partial charge >= 0.3 is 12.2 Å². The SMILES string of the molecule is Cc1cc(C(F)(F)F)nn1N(C(N)=O)N1CCC(C(N)=S)CC1. The fraction of sp³-hybridized carbons (Fsp3) is 0.583. The molecule has 0 aliphatic carbocycles. The fourth-order valence-electron chi connectivity index (χ4n) is 2.49. The van der Waals surface area contributed by atoms with Crippen molar-refractivity contribution in [1.29, 1.82) is 0 Å². The van der Waals surface area contributed by atoms with E-state index in [4.69, 9.17) is 23.7 Å². The average molecular weight is 350 g/mol. The quantitative estimate of drug-likeness (QED) is 0.798. The first-order valence-corrected chi connectivity index (χ1v) is 7.30. The Morgan fingerprint density at radius 1 is 1.39 bits per heavy atom. The van der Waals surface area contributed by atoms with Crippen LogP contribution in [0.15, 0.2) is 6.07 Å². The lowest BCUT2D eigenvalue weighted by atomic mass is 9.98. The van der Waals surface area contributed by atoms with Crippen molar-refractivity contribution in [1.82, 2.24) is 14.9 Å². The van der Waals surface area contributed by atoms with Gasteiger partial charge in [0.25, 0.3) is 0 Å². The van der Waals surface area contributed by atoms with E-state index in [1.807, 2.05) is 0 Å². The second kappa shape index (κ2) is 6.32. The van der Waals surface area contributed by atoms with E-state index in [1.54, 1.807) is 0 Å². The third kappa shape index (κ3) is 3.72. The van der Waals surface area contributed by atoms with Gasteiger partial charge < -0.3 is 11.5 Å². The smallest absolute Gasteiger partial charge is 0.393 e. The number of carbonyl (C=O) groups excluding carboxylic acids is 1. The van der Waals surface area contributed by atoms with Gasteiger partial charge in [-0.25, -0.2) is 4.79 Å². The van der Waals surface area contributed by atoms with Gasteiger partial charge in [-0.2, -0.15) is 23.0 Å². The maximum Gasteiger partial charge on any atom is 0.435 e. The van der Waals surface area contributed by atoms with Crippen LogP contribution in [-0.4, -0.2) is 39.0 Å². The molecule has 1 saturated heterocycles. The Balaban J connectivity index is 2.25. The Labute approximate surface area is 135 Å². The molecule has 2 amide bonds. The largest absolute Gasteiger partial charge is 0.435 e. The predicted octanol–water partition coefficient (Wildman–Crippen LogP) is 1.14. The van der Waals surface area contributed by atoms with E-state index in [2.05, 4.69) is 5.10 Å². The number of hydrogen-bond acceptors (Lipinski definition) is 4. The summed E-state index contributed by atoms with van der Waals surface area (Å²) in [4.78, 5) is 13.0. The molecule has 1 aromatic rings. The first-order chi connectivity index (χ1) is 10.6. The topological polar surface area (TPSA) is 93.4 Å². The summed E-state index contributed by atoms with van der Waals surface area (Å²) in [7, 11) is 0. The van der Waals surface area contributed by atoms with Crippen LogP contribution >= 0.6 is 12.2 Å². The molecule has 4 N–H and O–H groups in total. The minimum absolute atomic E-state index is 0.0421. The summed E-state index contributed by atoms with van der Waals surface area (Å²) >= 11 is 4.94. The lowest BCUT2D eigenvalue weighted by Gasteiger charge is -2.38. The standard InChI is InChI=1S/C12H17F3N6OS/c1-7-6-9(12(13,14)15)18-20(7)21(11(17)22)19-4-2-8(3-5-19)10(16)23/h6,8H,2-5H2,1H3,(H2,16,23)(H2,17,22). The van der Waals surface area contributed by atoms with E-state index in [-0.39, 0.29) is 11.6 Å². The number of carbonyl (C=O) groups is 1. The Morgan fingerprint density at radius 2 is 1.96 bits per heavy atom. The molecule has 0 spiro atoms. The Hall–Kier alpha value is -1.88. The molecule has 0 radical (unpaired) electrons. The molecule has 0 aromatic carbocycles. The Bertz CT molecular complexity index is 608. The van der Waals surface area contributed by atoms with Gasteiger partial charge in [0, 0.05) is 19.0 Å². The van der Waals surface area contributed by atoms with Crippen LogP contribution in [0.4, 0.5) is 18.0 Å². The molecular weight excluding hydrogens is 333 g/mol. The van der Waals surface area contributed by atoms with Crippen molar-refractivity contribution in [2.45, 2.75) is 25.9 Å². The number of nitrogens with two attached hydrogens (primary N) is 2. The molecule has 0 bridgehead atoms. The number of thiocarbonyl (C=S) groups is 1. The first kappa shape index (κ1) is 17.5. The molecule has 1 aliphatic rings. The summed E-state index contributed by atoms with van der Waals surface area (Å²) in [6, 6.07) is -0.0590. The number of hydrazine groups is 1. The maximum absolute atomic E-state index is 12.8. The van der Waals surface area contributed by atoms with Crippen molar-refractivity contribution in [3.8, 4) is 0 Å². The van der Waals surface area contributed by atoms with E-state index < -0.39 is 17.9 Å². The van der Waals surface area contributed by atoms with Crippen LogP contribution < -0.4 is 16.6 Å². The van der Waals surface area contributed by atoms with Crippen LogP contribution in [0.25, 0.3) is 0 Å². The third-order valence-electron chi connectivity index (χ3n) is 3.67. The van der Waals surface area contributed by atoms with E-state index in [9.17, 15) is 18.0 Å². The third-order valence-corrected chi connectivity index (χ3v) is 4.01. The molecule has 2 heterocycles. The van der Waals surface area contributed by atoms with Gasteiger partial charge in [0.1, 0.15) is 0 Å². The number of urea groups is 1. The first-order valence-electron chi connectivity index (χ1n) is 6.89. The monoisotopic (exact) mass is 350 g/mol. The number of rotatable bonds is 3. The number of hydrogen-bond donors (Lipinski definition) is 2. The van der Waals surface area contributed by atoms with Gasteiger partial charge in [-0.05, 0) is 25.8 Å². The number of piperidine rings is 1. The zero-order valence-electron chi connectivity index (χ0n) is 12.4. The van der Waals surface area contributed by atoms with Crippen molar-refractivity contribution in [3.63, 3.8) is 0 Å². The number of primary amides is 1. The van der Waals surface area contributed by atoms with Gasteiger partial charge in [-0.3, -0.25) is 0 Å². The van der Waals surface area contributed by atoms with Crippen LogP contribution in [0.5, 0.6) is 0 Å². The number of halogens is 3. The lowest BCUT2D eigenvalue weighted by molar-refractivity contribution is -0.141. The molecule has 0 atom stereocenters. The zero-order valence-corrected chi connectivity index (χ0v) is 13.2. The highest BCUT2D eigenvalue weighted by Crippen LogP contribution is 2.29. The summed E-state index contributed by atoms with van der Waals surface area (Å²) in [5, 5.41) is 5.91. The molecular formula is C12H17F3N6OS. The van der Waals surface area contributed by atoms with E-state index in [1.165, 1.54) is 11.9 Å². The summed E-state index contributed by atoms with van der Waals surface area (Å²) < 4.78 is 38.3. The second-order valence-corrected chi connectivity index (χ2v) is 5.79. The number of alkyl halides is 3. The van der Waals surface area contributed by atoms with Crippen molar-refractivity contribution in [3.05, 3.63) is 17.5 Å². The average Bonchev–Trinajstić information content (AvgIpc) is 2.81. The minimum Gasteiger partial charge on any atom is -0.393 e. The van der Waals surface area contributed by atoms with Crippen LogP contribution in [0, 0.1) is 12.8 Å². The van der Waals surface area contributed by atoms with Crippen LogP contribution in [0.1, 0.15) is 24.2 Å². The predicted molar refractivity (Wildman–Crippen MR) is 80.8 cm³/mol. The number of aryl methyl sites for hydroxylation is 1. The molecule has 1 aliphatic heterocycles. The Kier molecular flexibility index (Phi) is 4.80. The molecule has 0 saturated carbocycles. The van der Waals surface area contributed by atoms with Crippen molar-refractivity contribution < 1.29 is 18.0 Å². The summed E-state index contributed by atoms with van der Waals surface area (Å²) in [5.41, 5.74) is 10.00. The molecule has 1 aromatic heterocycles. The molecule has 0 unspecified atom stereocenters. The highest BCUT2D eigenvalue weighted by atomic mass is 32.1. The summed E-state index contributed by atoms with van der Waals surface area (Å²) in [6.07, 6.45) is -3.42. The number of aromatic nitrogens is 2. The van der Waals surface area contributed by atoms with E-state index in [0.29, 0.717) is 30.9 Å². The second-order valence-electron chi connectivity index (χ2n) is 5.32. The van der Waals surface area contributed by atoms with Gasteiger partial charge in [-0.15, -0.1) is 10.2 Å². The highest BCUT2D eigenvalue weighted by molar-refractivity contribution is 7.80. The highest BCUT2D eigenvalue weighted by Gasteiger charge is 2.36. The minimum atomic E-state index is -4.60. The van der Waals surface area contributed by atoms with Gasteiger partial charge in [-0.1, -0.05) is 12.2 Å². The van der Waals surface area contributed by atoms with E-state index in [0.717, 1.165) is 16.0 Å². The lowest BCUT2D eigenvalue weighted by Crippen LogP contribution is -2.59. The summed E-state index contributed by atoms with van der Waals surface area (Å²) in [6.45, 7) is 2.18. The molecule has 1 fully saturated rings. The molecule has 128 valence electrons. The summed E-state index contributed by atoms with van der Waals surface area (Å²) in [5.74, 6) is 0.0421. The molecule has 11 heteroatoms. The fourth-order valence-corrected chi connectivity index (χ4v) is 2.72. The number of nitrogens with zero attached hydrogens (tertiary/aromatic N) is 4. The van der Waals surface area contributed by atoms with Gasteiger partial charge in [0.15, 0.2) is 5.69 Å². The van der Waals surface area contributed by atoms with Crippen LogP contribution in [0.3, 0.4) is 0 Å². The van der Waals surface area contributed by atoms with Crippen molar-refractivity contribution >= 4 is 23.2 Å². The molecule has 23 heavy (non-hydrogen) atoms. The van der Waals surface area contributed by atoms with Gasteiger partial charge in [0.2, 0.25) is 0 Å². The number of amides is 2. The van der Waals surface area contributed by atoms with Crippen molar-refractivity contribution in [2.75, 3.05) is 18.2 Å². The Morgan fingerprint density at radius 3 is 2.35 bits per heavy atom.